The topological polar surface area (TPSA) is 47.0 Å². The molecule has 7 heteroatoms. The van der Waals surface area contributed by atoms with E-state index < -0.39 is 32.0 Å². The summed E-state index contributed by atoms with van der Waals surface area (Å²) in [5, 5.41) is 0. The van der Waals surface area contributed by atoms with E-state index in [1.165, 1.54) is 0 Å². The summed E-state index contributed by atoms with van der Waals surface area (Å²) < 4.78 is 46.5. The standard InChI is InChI=1S/C6H4ClF2NO2S/c7-13(11,12)3-4-5(8)1-10-2-6(4)9/h1-2H,3H2. The third-order valence-corrected chi connectivity index (χ3v) is 2.23. The number of hydrogen-bond acceptors (Lipinski definition) is 3. The highest BCUT2D eigenvalue weighted by atomic mass is 35.7. The Bertz CT molecular complexity index is 400. The van der Waals surface area contributed by atoms with Gasteiger partial charge in [0.05, 0.1) is 18.1 Å². The van der Waals surface area contributed by atoms with Crippen LogP contribution in [-0.2, 0) is 14.8 Å². The van der Waals surface area contributed by atoms with E-state index in [1.807, 2.05) is 0 Å². The molecule has 0 aromatic carbocycles. The van der Waals surface area contributed by atoms with E-state index in [9.17, 15) is 17.2 Å². The van der Waals surface area contributed by atoms with Gasteiger partial charge >= 0.3 is 0 Å². The zero-order valence-electron chi connectivity index (χ0n) is 6.17. The minimum absolute atomic E-state index is 0.593. The average molecular weight is 228 g/mol. The van der Waals surface area contributed by atoms with E-state index >= 15 is 0 Å². The summed E-state index contributed by atoms with van der Waals surface area (Å²) in [7, 11) is 0.872. The minimum atomic E-state index is -3.96. The van der Waals surface area contributed by atoms with Gasteiger partial charge in [-0.3, -0.25) is 4.98 Å². The Balaban J connectivity index is 3.15. The fourth-order valence-corrected chi connectivity index (χ4v) is 1.70. The van der Waals surface area contributed by atoms with Crippen molar-refractivity contribution >= 4 is 19.7 Å². The summed E-state index contributed by atoms with van der Waals surface area (Å²) in [4.78, 5) is 3.19. The molecule has 1 aromatic heterocycles. The molecule has 0 saturated heterocycles. The molecule has 1 aromatic rings. The van der Waals surface area contributed by atoms with Crippen LogP contribution < -0.4 is 0 Å². The number of halogens is 3. The quantitative estimate of drug-likeness (QED) is 0.718. The van der Waals surface area contributed by atoms with E-state index in [0.717, 1.165) is 12.4 Å². The van der Waals surface area contributed by atoms with Gasteiger partial charge in [-0.2, -0.15) is 0 Å². The lowest BCUT2D eigenvalue weighted by Gasteiger charge is -2.00. The van der Waals surface area contributed by atoms with Crippen molar-refractivity contribution in [2.45, 2.75) is 5.75 Å². The van der Waals surface area contributed by atoms with Gasteiger partial charge in [0.25, 0.3) is 0 Å². The third kappa shape index (κ3) is 2.89. The molecule has 72 valence electrons. The van der Waals surface area contributed by atoms with Gasteiger partial charge in [0.15, 0.2) is 0 Å². The molecule has 0 unspecified atom stereocenters. The van der Waals surface area contributed by atoms with Crippen molar-refractivity contribution < 1.29 is 17.2 Å². The lowest BCUT2D eigenvalue weighted by molar-refractivity contribution is 0.550. The minimum Gasteiger partial charge on any atom is -0.259 e. The Morgan fingerprint density at radius 3 is 2.15 bits per heavy atom. The molecule has 0 aliphatic heterocycles. The summed E-state index contributed by atoms with van der Waals surface area (Å²) in [6, 6.07) is 0. The van der Waals surface area contributed by atoms with Crippen molar-refractivity contribution in [1.82, 2.24) is 4.98 Å². The molecule has 0 bridgehead atoms. The molecule has 0 aliphatic rings. The van der Waals surface area contributed by atoms with E-state index in [0.29, 0.717) is 0 Å². The van der Waals surface area contributed by atoms with Crippen LogP contribution in [0.2, 0.25) is 0 Å². The second kappa shape index (κ2) is 3.55. The Morgan fingerprint density at radius 2 is 1.77 bits per heavy atom. The molecule has 0 N–H and O–H groups in total. The first-order valence-corrected chi connectivity index (χ1v) is 5.58. The molecule has 1 heterocycles. The van der Waals surface area contributed by atoms with Crippen LogP contribution in [0.15, 0.2) is 12.4 Å². The molecular formula is C6H4ClF2NO2S. The highest BCUT2D eigenvalue weighted by molar-refractivity contribution is 8.13. The summed E-state index contributed by atoms with van der Waals surface area (Å²) >= 11 is 0. The molecule has 0 fully saturated rings. The molecule has 0 amide bonds. The molecule has 1 rings (SSSR count). The molecule has 3 nitrogen and oxygen atoms in total. The first kappa shape index (κ1) is 10.3. The van der Waals surface area contributed by atoms with E-state index in [-0.39, 0.29) is 0 Å². The Labute approximate surface area is 77.8 Å². The maximum absolute atomic E-state index is 12.8. The molecule has 0 spiro atoms. The Morgan fingerprint density at radius 1 is 1.31 bits per heavy atom. The van der Waals surface area contributed by atoms with Crippen molar-refractivity contribution in [3.63, 3.8) is 0 Å². The largest absolute Gasteiger partial charge is 0.259 e. The average Bonchev–Trinajstić information content (AvgIpc) is 1.95. The number of pyridine rings is 1. The number of hydrogen-bond donors (Lipinski definition) is 0. The lowest BCUT2D eigenvalue weighted by atomic mass is 10.3. The van der Waals surface area contributed by atoms with Gasteiger partial charge in [-0.05, 0) is 0 Å². The second-order valence-corrected chi connectivity index (χ2v) is 5.04. The molecule has 0 aliphatic carbocycles. The smallest absolute Gasteiger partial charge is 0.236 e. The predicted molar refractivity (Wildman–Crippen MR) is 42.6 cm³/mol. The van der Waals surface area contributed by atoms with E-state index in [4.69, 9.17) is 10.7 Å². The molecular weight excluding hydrogens is 224 g/mol. The molecule has 0 radical (unpaired) electrons. The maximum Gasteiger partial charge on any atom is 0.236 e. The third-order valence-electron chi connectivity index (χ3n) is 1.27. The van der Waals surface area contributed by atoms with Crippen LogP contribution in [0, 0.1) is 11.6 Å². The maximum atomic E-state index is 12.8. The highest BCUT2D eigenvalue weighted by Gasteiger charge is 2.16. The zero-order valence-corrected chi connectivity index (χ0v) is 7.74. The summed E-state index contributed by atoms with van der Waals surface area (Å²) in [5.74, 6) is -2.93. The number of nitrogens with zero attached hydrogens (tertiary/aromatic N) is 1. The van der Waals surface area contributed by atoms with Crippen LogP contribution in [0.25, 0.3) is 0 Å². The van der Waals surface area contributed by atoms with Crippen molar-refractivity contribution in [3.8, 4) is 0 Å². The monoisotopic (exact) mass is 227 g/mol. The molecule has 0 atom stereocenters. The molecule has 13 heavy (non-hydrogen) atoms. The fraction of sp³-hybridized carbons (Fsp3) is 0.167. The zero-order chi connectivity index (χ0) is 10.1. The van der Waals surface area contributed by atoms with E-state index in [2.05, 4.69) is 4.98 Å². The second-order valence-electron chi connectivity index (χ2n) is 2.26. The van der Waals surface area contributed by atoms with Gasteiger partial charge in [0.2, 0.25) is 9.05 Å². The van der Waals surface area contributed by atoms with Gasteiger partial charge in [-0.25, -0.2) is 17.2 Å². The summed E-state index contributed by atoms with van der Waals surface area (Å²) in [6.45, 7) is 0. The van der Waals surface area contributed by atoms with Gasteiger partial charge in [0, 0.05) is 16.2 Å². The van der Waals surface area contributed by atoms with Gasteiger partial charge in [-0.15, -0.1) is 0 Å². The van der Waals surface area contributed by atoms with Crippen molar-refractivity contribution in [2.75, 3.05) is 0 Å². The highest BCUT2D eigenvalue weighted by Crippen LogP contribution is 2.15. The number of rotatable bonds is 2. The van der Waals surface area contributed by atoms with Gasteiger partial charge in [0.1, 0.15) is 11.6 Å². The Hall–Kier alpha value is -0.750. The van der Waals surface area contributed by atoms with Gasteiger partial charge in [-0.1, -0.05) is 0 Å². The normalized spacial score (nSPS) is 11.6. The van der Waals surface area contributed by atoms with E-state index in [1.54, 1.807) is 0 Å². The van der Waals surface area contributed by atoms with Crippen LogP contribution >= 0.6 is 10.7 Å². The predicted octanol–water partition coefficient (Wildman–Crippen LogP) is 1.43. The number of aromatic nitrogens is 1. The molecule has 0 saturated carbocycles. The Kier molecular flexibility index (Phi) is 2.82. The lowest BCUT2D eigenvalue weighted by Crippen LogP contribution is -2.02. The van der Waals surface area contributed by atoms with Crippen LogP contribution in [-0.4, -0.2) is 13.4 Å². The first-order valence-electron chi connectivity index (χ1n) is 3.10. The summed E-state index contributed by atoms with van der Waals surface area (Å²) in [5.41, 5.74) is -0.593. The van der Waals surface area contributed by atoms with Crippen molar-refractivity contribution in [2.24, 2.45) is 0 Å². The van der Waals surface area contributed by atoms with Crippen molar-refractivity contribution in [3.05, 3.63) is 29.6 Å². The SMILES string of the molecule is O=S(=O)(Cl)Cc1c(F)cncc1F. The summed E-state index contributed by atoms with van der Waals surface area (Å²) in [6.07, 6.45) is 1.45. The first-order chi connectivity index (χ1) is 5.90. The van der Waals surface area contributed by atoms with Crippen LogP contribution in [0.1, 0.15) is 5.56 Å². The van der Waals surface area contributed by atoms with Crippen LogP contribution in [0.3, 0.4) is 0 Å². The van der Waals surface area contributed by atoms with Gasteiger partial charge < -0.3 is 0 Å². The van der Waals surface area contributed by atoms with Crippen LogP contribution in [0.5, 0.6) is 0 Å². The van der Waals surface area contributed by atoms with Crippen molar-refractivity contribution in [1.29, 1.82) is 0 Å². The van der Waals surface area contributed by atoms with Crippen LogP contribution in [0.4, 0.5) is 8.78 Å². The fourth-order valence-electron chi connectivity index (χ4n) is 0.748.